The van der Waals surface area contributed by atoms with Crippen molar-refractivity contribution in [1.82, 2.24) is 14.9 Å². The number of hydrogen-bond donors (Lipinski definition) is 2. The van der Waals surface area contributed by atoms with Gasteiger partial charge in [0, 0.05) is 24.3 Å². The predicted octanol–water partition coefficient (Wildman–Crippen LogP) is 3.19. The van der Waals surface area contributed by atoms with Crippen LogP contribution in [0.4, 0.5) is 4.39 Å². The summed E-state index contributed by atoms with van der Waals surface area (Å²) in [7, 11) is 1.78. The molecule has 0 saturated carbocycles. The molecule has 7 heteroatoms. The van der Waals surface area contributed by atoms with Crippen LogP contribution in [0.5, 0.6) is 0 Å². The molecule has 0 radical (unpaired) electrons. The number of likely N-dealkylation sites (N-methyl/N-ethyl adjacent to an activating group) is 1. The minimum atomic E-state index is -0.692. The summed E-state index contributed by atoms with van der Waals surface area (Å²) in [6.07, 6.45) is 4.70. The zero-order valence-electron chi connectivity index (χ0n) is 13.1. The van der Waals surface area contributed by atoms with E-state index < -0.39 is 6.10 Å². The summed E-state index contributed by atoms with van der Waals surface area (Å²) in [5, 5.41) is 14.6. The van der Waals surface area contributed by atoms with Gasteiger partial charge in [-0.05, 0) is 36.9 Å². The Balaban J connectivity index is 0.00000144. The molecular weight excluding hydrogens is 352 g/mol. The number of nitrogens with one attached hydrogen (secondary N) is 1. The van der Waals surface area contributed by atoms with E-state index in [1.54, 1.807) is 25.5 Å². The Kier molecular flexibility index (Phi) is 7.63. The van der Waals surface area contributed by atoms with Gasteiger partial charge in [0.2, 0.25) is 0 Å². The zero-order valence-corrected chi connectivity index (χ0v) is 14.7. The van der Waals surface area contributed by atoms with Gasteiger partial charge in [-0.3, -0.25) is 4.98 Å². The molecule has 0 unspecified atom stereocenters. The van der Waals surface area contributed by atoms with Crippen molar-refractivity contribution in [2.24, 2.45) is 0 Å². The highest BCUT2D eigenvalue weighted by atomic mass is 35.5. The van der Waals surface area contributed by atoms with Crippen molar-refractivity contribution in [3.63, 3.8) is 0 Å². The minimum absolute atomic E-state index is 0. The number of hydrogen-bond acceptors (Lipinski definition) is 3. The minimum Gasteiger partial charge on any atom is -0.389 e. The second-order valence-corrected chi connectivity index (χ2v) is 5.28. The number of nitrogens with zero attached hydrogens (tertiary/aromatic N) is 2. The Morgan fingerprint density at radius 2 is 2.04 bits per heavy atom. The first-order valence-corrected chi connectivity index (χ1v) is 7.19. The van der Waals surface area contributed by atoms with Crippen LogP contribution < -0.4 is 5.32 Å². The Labute approximate surface area is 152 Å². The number of aliphatic hydroxyl groups is 1. The molecule has 1 aromatic carbocycles. The number of benzene rings is 1. The smallest absolute Gasteiger partial charge is 0.123 e. The zero-order chi connectivity index (χ0) is 15.5. The molecule has 2 heterocycles. The van der Waals surface area contributed by atoms with Crippen LogP contribution in [0.15, 0.2) is 55.0 Å². The van der Waals surface area contributed by atoms with Crippen LogP contribution in [-0.2, 0) is 0 Å². The van der Waals surface area contributed by atoms with Crippen LogP contribution in [0.3, 0.4) is 0 Å². The number of fused-ring (bicyclic) bond motifs is 1. The van der Waals surface area contributed by atoms with Gasteiger partial charge in [0.1, 0.15) is 5.82 Å². The highest BCUT2D eigenvalue weighted by molar-refractivity contribution is 5.85. The largest absolute Gasteiger partial charge is 0.389 e. The Bertz CT molecular complexity index is 781. The molecule has 0 spiro atoms. The second kappa shape index (κ2) is 8.99. The lowest BCUT2D eigenvalue weighted by molar-refractivity contribution is 0.132. The van der Waals surface area contributed by atoms with Gasteiger partial charge in [-0.1, -0.05) is 12.1 Å². The third-order valence-electron chi connectivity index (χ3n) is 3.79. The van der Waals surface area contributed by atoms with Crippen molar-refractivity contribution in [1.29, 1.82) is 0 Å². The maximum Gasteiger partial charge on any atom is 0.123 e. The summed E-state index contributed by atoms with van der Waals surface area (Å²) >= 11 is 0. The molecule has 4 nitrogen and oxygen atoms in total. The molecule has 3 aromatic rings. The number of aliphatic hydroxyl groups excluding tert-OH is 1. The van der Waals surface area contributed by atoms with Crippen molar-refractivity contribution in [3.05, 3.63) is 66.4 Å². The monoisotopic (exact) mass is 371 g/mol. The first-order chi connectivity index (χ1) is 10.7. The summed E-state index contributed by atoms with van der Waals surface area (Å²) in [6.45, 7) is 0.404. The molecule has 130 valence electrons. The topological polar surface area (TPSA) is 50.1 Å². The number of pyridine rings is 1. The van der Waals surface area contributed by atoms with E-state index in [-0.39, 0.29) is 36.7 Å². The van der Waals surface area contributed by atoms with E-state index in [0.29, 0.717) is 6.54 Å². The molecule has 2 aromatic heterocycles. The lowest BCUT2D eigenvalue weighted by Gasteiger charge is -2.26. The SMILES string of the molecule is CNC[C@@H](O)[C@H](c1cccc(F)c1)n1ccc2ccncc21.Cl.Cl. The van der Waals surface area contributed by atoms with E-state index in [1.165, 1.54) is 12.1 Å². The maximum absolute atomic E-state index is 13.6. The Morgan fingerprint density at radius 1 is 1.25 bits per heavy atom. The highest BCUT2D eigenvalue weighted by Crippen LogP contribution is 2.27. The van der Waals surface area contributed by atoms with E-state index in [0.717, 1.165) is 16.5 Å². The molecule has 0 aliphatic heterocycles. The van der Waals surface area contributed by atoms with E-state index in [9.17, 15) is 9.50 Å². The summed E-state index contributed by atoms with van der Waals surface area (Å²) < 4.78 is 15.6. The molecule has 0 fully saturated rings. The van der Waals surface area contributed by atoms with Gasteiger partial charge in [0.05, 0.1) is 23.9 Å². The molecule has 2 atom stereocenters. The van der Waals surface area contributed by atoms with Crippen molar-refractivity contribution >= 4 is 35.7 Å². The molecule has 0 saturated heterocycles. The fraction of sp³-hybridized carbons (Fsp3) is 0.235. The standard InChI is InChI=1S/C17H18FN3O.2ClH/c1-19-11-16(22)17(13-3-2-4-14(18)9-13)21-8-6-12-5-7-20-10-15(12)21;;/h2-10,16-17,19,22H,11H2,1H3;2*1H/t16-,17+;;/m1../s1. The summed E-state index contributed by atoms with van der Waals surface area (Å²) in [6, 6.07) is 9.85. The van der Waals surface area contributed by atoms with Gasteiger partial charge in [-0.2, -0.15) is 0 Å². The number of halogens is 3. The fourth-order valence-electron chi connectivity index (χ4n) is 2.82. The number of rotatable bonds is 5. The maximum atomic E-state index is 13.6. The predicted molar refractivity (Wildman–Crippen MR) is 98.7 cm³/mol. The van der Waals surface area contributed by atoms with Crippen LogP contribution in [-0.4, -0.2) is 34.4 Å². The van der Waals surface area contributed by atoms with Crippen molar-refractivity contribution < 1.29 is 9.50 Å². The summed E-state index contributed by atoms with van der Waals surface area (Å²) in [5.41, 5.74) is 1.64. The third-order valence-corrected chi connectivity index (χ3v) is 3.79. The molecule has 0 aliphatic rings. The molecule has 0 aliphatic carbocycles. The van der Waals surface area contributed by atoms with Gasteiger partial charge in [0.15, 0.2) is 0 Å². The second-order valence-electron chi connectivity index (χ2n) is 5.28. The number of aromatic nitrogens is 2. The first-order valence-electron chi connectivity index (χ1n) is 7.19. The molecule has 3 rings (SSSR count). The van der Waals surface area contributed by atoms with E-state index in [1.807, 2.05) is 29.0 Å². The van der Waals surface area contributed by atoms with Gasteiger partial charge in [-0.15, -0.1) is 24.8 Å². The van der Waals surface area contributed by atoms with Crippen LogP contribution in [0.25, 0.3) is 10.9 Å². The Morgan fingerprint density at radius 3 is 2.75 bits per heavy atom. The van der Waals surface area contributed by atoms with Gasteiger partial charge in [0.25, 0.3) is 0 Å². The van der Waals surface area contributed by atoms with Crippen LogP contribution in [0, 0.1) is 5.82 Å². The van der Waals surface area contributed by atoms with E-state index in [2.05, 4.69) is 10.3 Å². The van der Waals surface area contributed by atoms with Gasteiger partial charge < -0.3 is 15.0 Å². The normalized spacial score (nSPS) is 13.0. The van der Waals surface area contributed by atoms with Crippen LogP contribution >= 0.6 is 24.8 Å². The highest BCUT2D eigenvalue weighted by Gasteiger charge is 2.24. The fourth-order valence-corrected chi connectivity index (χ4v) is 2.82. The van der Waals surface area contributed by atoms with Gasteiger partial charge >= 0.3 is 0 Å². The first kappa shape index (κ1) is 20.4. The van der Waals surface area contributed by atoms with Gasteiger partial charge in [-0.25, -0.2) is 4.39 Å². The lowest BCUT2D eigenvalue weighted by atomic mass is 10.0. The average molecular weight is 372 g/mol. The Hall–Kier alpha value is -1.66. The van der Waals surface area contributed by atoms with Crippen LogP contribution in [0.1, 0.15) is 11.6 Å². The van der Waals surface area contributed by atoms with Crippen molar-refractivity contribution in [3.8, 4) is 0 Å². The molecule has 24 heavy (non-hydrogen) atoms. The van der Waals surface area contributed by atoms with E-state index >= 15 is 0 Å². The lowest BCUT2D eigenvalue weighted by Crippen LogP contribution is -2.33. The average Bonchev–Trinajstić information content (AvgIpc) is 2.92. The van der Waals surface area contributed by atoms with Crippen LogP contribution in [0.2, 0.25) is 0 Å². The molecule has 2 N–H and O–H groups in total. The summed E-state index contributed by atoms with van der Waals surface area (Å²) in [4.78, 5) is 4.15. The van der Waals surface area contributed by atoms with E-state index in [4.69, 9.17) is 0 Å². The molecule has 0 amide bonds. The quantitative estimate of drug-likeness (QED) is 0.723. The molecular formula is C17H20Cl2FN3O. The van der Waals surface area contributed by atoms with Crippen molar-refractivity contribution in [2.75, 3.05) is 13.6 Å². The third kappa shape index (κ3) is 4.05. The van der Waals surface area contributed by atoms with Crippen molar-refractivity contribution in [2.45, 2.75) is 12.1 Å². The molecule has 0 bridgehead atoms. The summed E-state index contributed by atoms with van der Waals surface area (Å²) in [5.74, 6) is -0.311.